The van der Waals surface area contributed by atoms with Crippen molar-refractivity contribution >= 4 is 5.91 Å². The molecular weight excluding hydrogens is 318 g/mol. The fourth-order valence-corrected chi connectivity index (χ4v) is 3.28. The van der Waals surface area contributed by atoms with Gasteiger partial charge in [0.2, 0.25) is 5.91 Å². The van der Waals surface area contributed by atoms with Gasteiger partial charge in [0.1, 0.15) is 0 Å². The first-order valence-corrected chi connectivity index (χ1v) is 9.72. The largest absolute Gasteiger partial charge is 0.378 e. The average molecular weight is 354 g/mol. The number of hydrogen-bond acceptors (Lipinski definition) is 4. The molecule has 1 saturated carbocycles. The molecule has 144 valence electrons. The predicted molar refractivity (Wildman–Crippen MR) is 98.6 cm³/mol. The van der Waals surface area contributed by atoms with Crippen LogP contribution in [-0.4, -0.2) is 62.0 Å². The predicted octanol–water partition coefficient (Wildman–Crippen LogP) is 3.32. The topological polar surface area (TPSA) is 48.0 Å². The third-order valence-corrected chi connectivity index (χ3v) is 4.89. The van der Waals surface area contributed by atoms with Crippen LogP contribution in [0.15, 0.2) is 11.6 Å². The lowest BCUT2D eigenvalue weighted by molar-refractivity contribution is -0.133. The lowest BCUT2D eigenvalue weighted by Crippen LogP contribution is -2.39. The second-order valence-electron chi connectivity index (χ2n) is 7.67. The Balaban J connectivity index is 1.44. The highest BCUT2D eigenvalue weighted by atomic mass is 16.5. The molecule has 0 radical (unpaired) electrons. The number of rotatable bonds is 11. The summed E-state index contributed by atoms with van der Waals surface area (Å²) in [6.07, 6.45) is 8.83. The molecule has 2 aliphatic rings. The quantitative estimate of drug-likeness (QED) is 0.422. The Hall–Kier alpha value is -0.910. The first-order chi connectivity index (χ1) is 11.9. The lowest BCUT2D eigenvalue weighted by Gasteiger charge is -2.36. The molecule has 0 aliphatic heterocycles. The van der Waals surface area contributed by atoms with Crippen LogP contribution in [0.1, 0.15) is 59.3 Å². The zero-order chi connectivity index (χ0) is 18.2. The zero-order valence-electron chi connectivity index (χ0n) is 16.3. The summed E-state index contributed by atoms with van der Waals surface area (Å²) in [7, 11) is 1.85. The van der Waals surface area contributed by atoms with Gasteiger partial charge in [-0.2, -0.15) is 0 Å². The first-order valence-electron chi connectivity index (χ1n) is 9.72. The Morgan fingerprint density at radius 1 is 1.20 bits per heavy atom. The Bertz CT molecular complexity index is 443. The number of amides is 1. The number of hydrogen-bond donors (Lipinski definition) is 0. The second-order valence-corrected chi connectivity index (χ2v) is 7.67. The third-order valence-electron chi connectivity index (χ3n) is 4.89. The van der Waals surface area contributed by atoms with Gasteiger partial charge in [-0.25, -0.2) is 0 Å². The Labute approximate surface area is 152 Å². The van der Waals surface area contributed by atoms with Crippen LogP contribution in [0.5, 0.6) is 0 Å². The molecule has 1 unspecified atom stereocenters. The molecule has 1 fully saturated rings. The molecule has 0 aromatic rings. The average Bonchev–Trinajstić information content (AvgIpc) is 2.93. The lowest BCUT2D eigenvalue weighted by atomic mass is 9.92. The molecule has 0 bridgehead atoms. The maximum absolute atomic E-state index is 12.1. The van der Waals surface area contributed by atoms with Crippen LogP contribution in [0.25, 0.3) is 0 Å². The van der Waals surface area contributed by atoms with Crippen molar-refractivity contribution in [1.29, 1.82) is 0 Å². The molecule has 0 aromatic carbocycles. The van der Waals surface area contributed by atoms with Gasteiger partial charge >= 0.3 is 0 Å². The fraction of sp³-hybridized carbons (Fsp3) is 0.850. The van der Waals surface area contributed by atoms with E-state index >= 15 is 0 Å². The fourth-order valence-electron chi connectivity index (χ4n) is 3.28. The van der Waals surface area contributed by atoms with E-state index in [1.807, 2.05) is 7.05 Å². The number of nitrogens with zero attached hydrogens (tertiary/aromatic N) is 1. The summed E-state index contributed by atoms with van der Waals surface area (Å²) < 4.78 is 17.3. The van der Waals surface area contributed by atoms with Crippen LogP contribution >= 0.6 is 0 Å². The molecule has 0 heterocycles. The summed E-state index contributed by atoms with van der Waals surface area (Å²) in [5.74, 6) is 0.169. The van der Waals surface area contributed by atoms with E-state index in [0.717, 1.165) is 32.1 Å². The van der Waals surface area contributed by atoms with Crippen molar-refractivity contribution < 1.29 is 19.0 Å². The summed E-state index contributed by atoms with van der Waals surface area (Å²) in [6, 6.07) is 0. The highest BCUT2D eigenvalue weighted by Crippen LogP contribution is 2.27. The SMILES string of the molecule is CC1=CCC(OCCN(C)C(=O)CCCOC2CC(OC(C)C)C2)C1. The Kier molecular flexibility index (Phi) is 8.40. The van der Waals surface area contributed by atoms with E-state index in [2.05, 4.69) is 26.8 Å². The number of carbonyl (C=O) groups excluding carboxylic acids is 1. The highest BCUT2D eigenvalue weighted by molar-refractivity contribution is 5.75. The standard InChI is InChI=1S/C20H35NO4/c1-15(2)25-19-13-18(14-19)23-10-5-6-20(22)21(4)9-11-24-17-8-7-16(3)12-17/h7,15,17-19H,5-6,8-14H2,1-4H3. The van der Waals surface area contributed by atoms with E-state index in [0.29, 0.717) is 44.5 Å². The van der Waals surface area contributed by atoms with E-state index < -0.39 is 0 Å². The maximum Gasteiger partial charge on any atom is 0.222 e. The zero-order valence-corrected chi connectivity index (χ0v) is 16.3. The van der Waals surface area contributed by atoms with Gasteiger partial charge < -0.3 is 19.1 Å². The summed E-state index contributed by atoms with van der Waals surface area (Å²) in [5.41, 5.74) is 1.41. The van der Waals surface area contributed by atoms with Gasteiger partial charge in [-0.15, -0.1) is 0 Å². The summed E-state index contributed by atoms with van der Waals surface area (Å²) in [4.78, 5) is 13.9. The van der Waals surface area contributed by atoms with Crippen molar-refractivity contribution in [1.82, 2.24) is 4.90 Å². The number of carbonyl (C=O) groups is 1. The van der Waals surface area contributed by atoms with Crippen molar-refractivity contribution in [2.45, 2.75) is 83.7 Å². The minimum absolute atomic E-state index is 0.169. The van der Waals surface area contributed by atoms with Gasteiger partial charge in [-0.1, -0.05) is 11.6 Å². The molecule has 0 aromatic heterocycles. The van der Waals surface area contributed by atoms with E-state index in [1.54, 1.807) is 4.90 Å². The molecule has 0 spiro atoms. The van der Waals surface area contributed by atoms with Crippen molar-refractivity contribution in [3.63, 3.8) is 0 Å². The molecule has 1 amide bonds. The first kappa shape index (κ1) is 20.4. The van der Waals surface area contributed by atoms with Crippen molar-refractivity contribution in [3.8, 4) is 0 Å². The van der Waals surface area contributed by atoms with Gasteiger partial charge in [0.15, 0.2) is 0 Å². The van der Waals surface area contributed by atoms with E-state index in [9.17, 15) is 4.79 Å². The van der Waals surface area contributed by atoms with Crippen LogP contribution < -0.4 is 0 Å². The molecule has 2 aliphatic carbocycles. The monoisotopic (exact) mass is 353 g/mol. The smallest absolute Gasteiger partial charge is 0.222 e. The van der Waals surface area contributed by atoms with Gasteiger partial charge in [0.05, 0.1) is 31.0 Å². The summed E-state index contributed by atoms with van der Waals surface area (Å²) >= 11 is 0. The van der Waals surface area contributed by atoms with Crippen LogP contribution in [0.4, 0.5) is 0 Å². The molecule has 5 nitrogen and oxygen atoms in total. The minimum atomic E-state index is 0.169. The molecular formula is C20H35NO4. The summed E-state index contributed by atoms with van der Waals surface area (Å²) in [5, 5.41) is 0. The van der Waals surface area contributed by atoms with Gasteiger partial charge in [0, 0.05) is 26.6 Å². The van der Waals surface area contributed by atoms with Gasteiger partial charge in [0.25, 0.3) is 0 Å². The number of likely N-dealkylation sites (N-methyl/N-ethyl adjacent to an activating group) is 1. The van der Waals surface area contributed by atoms with Crippen molar-refractivity contribution in [2.24, 2.45) is 0 Å². The maximum atomic E-state index is 12.1. The molecule has 5 heteroatoms. The second kappa shape index (κ2) is 10.3. The molecule has 2 rings (SSSR count). The van der Waals surface area contributed by atoms with E-state index in [1.165, 1.54) is 5.57 Å². The Morgan fingerprint density at radius 3 is 2.56 bits per heavy atom. The van der Waals surface area contributed by atoms with E-state index in [4.69, 9.17) is 14.2 Å². The van der Waals surface area contributed by atoms with Crippen LogP contribution in [0.3, 0.4) is 0 Å². The minimum Gasteiger partial charge on any atom is -0.378 e. The van der Waals surface area contributed by atoms with Gasteiger partial charge in [-0.05, 0) is 52.9 Å². The van der Waals surface area contributed by atoms with Crippen LogP contribution in [-0.2, 0) is 19.0 Å². The third kappa shape index (κ3) is 7.47. The van der Waals surface area contributed by atoms with Crippen molar-refractivity contribution in [2.75, 3.05) is 26.8 Å². The highest BCUT2D eigenvalue weighted by Gasteiger charge is 2.31. The van der Waals surface area contributed by atoms with E-state index in [-0.39, 0.29) is 12.0 Å². The van der Waals surface area contributed by atoms with Crippen LogP contribution in [0, 0.1) is 0 Å². The molecule has 0 saturated heterocycles. The number of ether oxygens (including phenoxy) is 3. The van der Waals surface area contributed by atoms with Crippen molar-refractivity contribution in [3.05, 3.63) is 11.6 Å². The summed E-state index contributed by atoms with van der Waals surface area (Å²) in [6.45, 7) is 8.19. The molecule has 1 atom stereocenters. The van der Waals surface area contributed by atoms with Gasteiger partial charge in [-0.3, -0.25) is 4.79 Å². The molecule has 25 heavy (non-hydrogen) atoms. The Morgan fingerprint density at radius 2 is 1.92 bits per heavy atom. The van der Waals surface area contributed by atoms with Crippen LogP contribution in [0.2, 0.25) is 0 Å². The normalized spacial score (nSPS) is 25.8. The molecule has 0 N–H and O–H groups in total.